The fraction of sp³-hybridized carbons (Fsp3) is 0.478. The Morgan fingerprint density at radius 2 is 2.16 bits per heavy atom. The predicted octanol–water partition coefficient (Wildman–Crippen LogP) is 3.71. The molecular formula is C23H25F2N5OS. The van der Waals surface area contributed by atoms with Crippen LogP contribution in [0.2, 0.25) is 0 Å². The van der Waals surface area contributed by atoms with Crippen molar-refractivity contribution in [2.75, 3.05) is 25.4 Å². The molecule has 32 heavy (non-hydrogen) atoms. The van der Waals surface area contributed by atoms with Crippen molar-refractivity contribution in [1.29, 1.82) is 0 Å². The van der Waals surface area contributed by atoms with Crippen molar-refractivity contribution in [2.45, 2.75) is 36.3 Å². The summed E-state index contributed by atoms with van der Waals surface area (Å²) in [5, 5.41) is 9.41. The van der Waals surface area contributed by atoms with Crippen molar-refractivity contribution in [2.24, 2.45) is 17.5 Å². The molecule has 1 aromatic heterocycles. The Kier molecular flexibility index (Phi) is 5.71. The van der Waals surface area contributed by atoms with Crippen molar-refractivity contribution < 1.29 is 13.6 Å². The fourth-order valence-electron chi connectivity index (χ4n) is 4.98. The van der Waals surface area contributed by atoms with E-state index in [1.54, 1.807) is 30.1 Å². The van der Waals surface area contributed by atoms with Crippen molar-refractivity contribution in [1.82, 2.24) is 19.7 Å². The summed E-state index contributed by atoms with van der Waals surface area (Å²) < 4.78 is 29.3. The molecule has 1 saturated heterocycles. The number of carbonyl (C=O) groups is 1. The number of hydrogen-bond acceptors (Lipinski definition) is 5. The van der Waals surface area contributed by atoms with Gasteiger partial charge in [-0.25, -0.2) is 13.8 Å². The number of benzene rings is 1. The third kappa shape index (κ3) is 4.15. The fourth-order valence-corrected chi connectivity index (χ4v) is 5.82. The Morgan fingerprint density at radius 1 is 1.28 bits per heavy atom. The number of amides is 1. The summed E-state index contributed by atoms with van der Waals surface area (Å²) in [4.78, 5) is 17.5. The van der Waals surface area contributed by atoms with Crippen LogP contribution in [0.4, 0.5) is 8.78 Å². The van der Waals surface area contributed by atoms with Crippen molar-refractivity contribution in [3.05, 3.63) is 53.4 Å². The molecule has 2 aliphatic heterocycles. The first-order valence-electron chi connectivity index (χ1n) is 10.9. The average Bonchev–Trinajstić information content (AvgIpc) is 3.09. The van der Waals surface area contributed by atoms with Gasteiger partial charge in [-0.1, -0.05) is 23.9 Å². The zero-order valence-corrected chi connectivity index (χ0v) is 18.7. The standard InChI is InChI=1S/C23H25F2N5OS/c1-29-21(15-3-6-20(31)26-13-15)27-28-22(29)32-10-2-8-30-9-7-23(14-30)12-18(23)17-5-4-16(24)11-19(17)25/h3-6,11,13,15,18H,2,7-10,12,14H2,1H3/t15?,18?,23-/m0/s1. The smallest absolute Gasteiger partial charge is 0.269 e. The minimum atomic E-state index is -0.514. The highest BCUT2D eigenvalue weighted by Crippen LogP contribution is 2.64. The highest BCUT2D eigenvalue weighted by atomic mass is 32.2. The maximum absolute atomic E-state index is 14.2. The Hall–Kier alpha value is -2.39. The van der Waals surface area contributed by atoms with Gasteiger partial charge in [0.2, 0.25) is 0 Å². The molecule has 2 unspecified atom stereocenters. The van der Waals surface area contributed by atoms with Crippen LogP contribution in [-0.4, -0.2) is 57.2 Å². The summed E-state index contributed by atoms with van der Waals surface area (Å²) in [5.74, 6) is 0.617. The van der Waals surface area contributed by atoms with Gasteiger partial charge in [-0.3, -0.25) is 4.79 Å². The van der Waals surface area contributed by atoms with Crippen LogP contribution in [0, 0.1) is 17.0 Å². The van der Waals surface area contributed by atoms with Crippen LogP contribution in [0.15, 0.2) is 40.5 Å². The molecule has 3 heterocycles. The lowest BCUT2D eigenvalue weighted by Gasteiger charge is -2.16. The van der Waals surface area contributed by atoms with Crippen molar-refractivity contribution >= 4 is 23.9 Å². The first-order valence-corrected chi connectivity index (χ1v) is 11.9. The van der Waals surface area contributed by atoms with Gasteiger partial charge in [0, 0.05) is 37.7 Å². The van der Waals surface area contributed by atoms with Gasteiger partial charge in [-0.2, -0.15) is 0 Å². The first kappa shape index (κ1) is 21.5. The van der Waals surface area contributed by atoms with Gasteiger partial charge in [-0.05, 0) is 55.3 Å². The van der Waals surface area contributed by atoms with Crippen LogP contribution in [0.25, 0.3) is 0 Å². The molecule has 0 radical (unpaired) electrons. The summed E-state index contributed by atoms with van der Waals surface area (Å²) in [5.41, 5.74) is 0.838. The van der Waals surface area contributed by atoms with Crippen LogP contribution < -0.4 is 0 Å². The molecule has 5 rings (SSSR count). The van der Waals surface area contributed by atoms with Crippen LogP contribution in [0.5, 0.6) is 0 Å². The maximum atomic E-state index is 14.2. The number of halogens is 2. The summed E-state index contributed by atoms with van der Waals surface area (Å²) in [7, 11) is 1.93. The normalized spacial score (nSPS) is 27.0. The zero-order chi connectivity index (χ0) is 22.3. The number of rotatable bonds is 7. The summed E-state index contributed by atoms with van der Waals surface area (Å²) in [6, 6.07) is 3.98. The number of hydrogen-bond donors (Lipinski definition) is 0. The summed E-state index contributed by atoms with van der Waals surface area (Å²) >= 11 is 1.67. The Bertz CT molecular complexity index is 1080. The van der Waals surface area contributed by atoms with Crippen LogP contribution >= 0.6 is 11.8 Å². The molecule has 0 bridgehead atoms. The van der Waals surface area contributed by atoms with Crippen LogP contribution in [-0.2, 0) is 11.8 Å². The van der Waals surface area contributed by atoms with Crippen LogP contribution in [0.1, 0.15) is 42.5 Å². The lowest BCUT2D eigenvalue weighted by molar-refractivity contribution is -0.113. The molecule has 2 aromatic rings. The van der Waals surface area contributed by atoms with E-state index in [2.05, 4.69) is 20.1 Å². The topological polar surface area (TPSA) is 63.4 Å². The number of dihydropyridines is 1. The van der Waals surface area contributed by atoms with E-state index in [1.807, 2.05) is 11.6 Å². The van der Waals surface area contributed by atoms with E-state index in [9.17, 15) is 13.6 Å². The number of allylic oxidation sites excluding steroid dienone is 1. The largest absolute Gasteiger partial charge is 0.308 e. The van der Waals surface area contributed by atoms with Crippen molar-refractivity contribution in [3.63, 3.8) is 0 Å². The van der Waals surface area contributed by atoms with Gasteiger partial charge in [0.05, 0.1) is 5.92 Å². The number of nitrogens with zero attached hydrogens (tertiary/aromatic N) is 5. The number of thioether (sulfide) groups is 1. The second-order valence-electron chi connectivity index (χ2n) is 8.91. The molecule has 9 heteroatoms. The minimum absolute atomic E-state index is 0.127. The third-order valence-electron chi connectivity index (χ3n) is 6.82. The lowest BCUT2D eigenvalue weighted by atomic mass is 9.98. The van der Waals surface area contributed by atoms with E-state index in [0.717, 1.165) is 61.7 Å². The molecule has 1 spiro atoms. The summed E-state index contributed by atoms with van der Waals surface area (Å²) in [6.07, 6.45) is 7.95. The van der Waals surface area contributed by atoms with Gasteiger partial charge in [-0.15, -0.1) is 10.2 Å². The number of aliphatic imine (C=N–C) groups is 1. The highest BCUT2D eigenvalue weighted by Gasteiger charge is 2.58. The lowest BCUT2D eigenvalue weighted by Crippen LogP contribution is -2.23. The maximum Gasteiger partial charge on any atom is 0.269 e. The Morgan fingerprint density at radius 3 is 2.94 bits per heavy atom. The molecule has 1 saturated carbocycles. The van der Waals surface area contributed by atoms with Gasteiger partial charge in [0.15, 0.2) is 5.16 Å². The monoisotopic (exact) mass is 457 g/mol. The Balaban J connectivity index is 1.09. The van der Waals surface area contributed by atoms with E-state index in [1.165, 1.54) is 12.1 Å². The molecule has 3 atom stereocenters. The molecule has 1 aromatic carbocycles. The van der Waals surface area contributed by atoms with E-state index < -0.39 is 11.6 Å². The van der Waals surface area contributed by atoms with Gasteiger partial charge < -0.3 is 9.47 Å². The average molecular weight is 458 g/mol. The van der Waals surface area contributed by atoms with Crippen LogP contribution in [0.3, 0.4) is 0 Å². The van der Waals surface area contributed by atoms with Gasteiger partial charge in [0.25, 0.3) is 5.91 Å². The molecular weight excluding hydrogens is 432 g/mol. The van der Waals surface area contributed by atoms with Gasteiger partial charge in [0.1, 0.15) is 17.5 Å². The molecule has 2 fully saturated rings. The quantitative estimate of drug-likeness (QED) is 0.469. The number of carbonyl (C=O) groups excluding carboxylic acids is 1. The number of aromatic nitrogens is 3. The molecule has 0 N–H and O–H groups in total. The predicted molar refractivity (Wildman–Crippen MR) is 119 cm³/mol. The molecule has 6 nitrogen and oxygen atoms in total. The van der Waals surface area contributed by atoms with E-state index in [4.69, 9.17) is 0 Å². The van der Waals surface area contributed by atoms with Crippen molar-refractivity contribution in [3.8, 4) is 0 Å². The molecule has 1 amide bonds. The third-order valence-corrected chi connectivity index (χ3v) is 7.92. The van der Waals surface area contributed by atoms with E-state index >= 15 is 0 Å². The van der Waals surface area contributed by atoms with E-state index in [-0.39, 0.29) is 23.2 Å². The molecule has 1 aliphatic carbocycles. The summed E-state index contributed by atoms with van der Waals surface area (Å²) in [6.45, 7) is 3.02. The highest BCUT2D eigenvalue weighted by molar-refractivity contribution is 7.99. The SMILES string of the molecule is Cn1c(SCCCN2CC[C@]3(CC3c3ccc(F)cc3F)C2)nnc1C1C=CC(=O)N=C1. The first-order chi connectivity index (χ1) is 15.4. The van der Waals surface area contributed by atoms with E-state index in [0.29, 0.717) is 5.56 Å². The minimum Gasteiger partial charge on any atom is -0.308 e. The molecule has 168 valence electrons. The second-order valence-corrected chi connectivity index (χ2v) is 9.98. The Labute approximate surface area is 189 Å². The zero-order valence-electron chi connectivity index (χ0n) is 17.9. The molecule has 3 aliphatic rings. The second kappa shape index (κ2) is 8.51. The van der Waals surface area contributed by atoms with Gasteiger partial charge >= 0.3 is 0 Å². The number of likely N-dealkylation sites (tertiary alicyclic amines) is 1.